The number of carbonyl (C=O) groups is 1. The minimum atomic E-state index is -0.677. The quantitative estimate of drug-likeness (QED) is 0.513. The van der Waals surface area contributed by atoms with Gasteiger partial charge in [-0.15, -0.1) is 0 Å². The molecule has 1 amide bonds. The van der Waals surface area contributed by atoms with Crippen molar-refractivity contribution in [1.29, 1.82) is 0 Å². The van der Waals surface area contributed by atoms with E-state index in [1.54, 1.807) is 23.1 Å². The third-order valence-electron chi connectivity index (χ3n) is 7.13. The van der Waals surface area contributed by atoms with Gasteiger partial charge >= 0.3 is 0 Å². The number of aromatic nitrogens is 1. The van der Waals surface area contributed by atoms with Crippen LogP contribution < -0.4 is 15.2 Å². The summed E-state index contributed by atoms with van der Waals surface area (Å²) in [6.07, 6.45) is 15.0. The van der Waals surface area contributed by atoms with E-state index in [9.17, 15) is 14.7 Å². The van der Waals surface area contributed by atoms with Crippen LogP contribution in [0, 0.1) is 5.82 Å². The van der Waals surface area contributed by atoms with Gasteiger partial charge in [0.25, 0.3) is 5.91 Å². The number of aromatic hydroxyl groups is 1. The van der Waals surface area contributed by atoms with Crippen molar-refractivity contribution in [3.05, 3.63) is 106 Å². The highest BCUT2D eigenvalue weighted by molar-refractivity contribution is 5.97. The zero-order chi connectivity index (χ0) is 25.4. The molecule has 1 fully saturated rings. The molecule has 2 aliphatic heterocycles. The second-order valence-corrected chi connectivity index (χ2v) is 9.23. The first-order chi connectivity index (χ1) is 17.4. The molecule has 186 valence electrons. The number of para-hydroxylation sites is 1. The molecule has 0 radical (unpaired) electrons. The minimum Gasteiger partial charge on any atom is -0.502 e. The summed E-state index contributed by atoms with van der Waals surface area (Å²) in [5.74, 6) is -1.47. The van der Waals surface area contributed by atoms with E-state index in [2.05, 4.69) is 6.58 Å². The highest BCUT2D eigenvalue weighted by Crippen LogP contribution is 2.44. The zero-order valence-electron chi connectivity index (χ0n) is 20.1. The van der Waals surface area contributed by atoms with Crippen LogP contribution in [0.4, 0.5) is 4.39 Å². The van der Waals surface area contributed by atoms with Crippen LogP contribution in [0.15, 0.2) is 83.9 Å². The van der Waals surface area contributed by atoms with Crippen LogP contribution in [0.3, 0.4) is 0 Å². The van der Waals surface area contributed by atoms with Gasteiger partial charge in [-0.25, -0.2) is 4.39 Å². The Bertz CT molecular complexity index is 1370. The number of halogens is 1. The monoisotopic (exact) mass is 489 g/mol. The summed E-state index contributed by atoms with van der Waals surface area (Å²) in [4.78, 5) is 27.8. The van der Waals surface area contributed by atoms with Gasteiger partial charge in [0.2, 0.25) is 5.43 Å². The van der Waals surface area contributed by atoms with Crippen molar-refractivity contribution in [1.82, 2.24) is 9.58 Å². The topological polar surface area (TPSA) is 75.0 Å². The summed E-state index contributed by atoms with van der Waals surface area (Å²) < 4.78 is 22.5. The number of carbonyl (C=O) groups excluding carboxylic acids is 1. The highest BCUT2D eigenvalue weighted by atomic mass is 19.1. The molecular weight excluding hydrogens is 461 g/mol. The Morgan fingerprint density at radius 3 is 2.78 bits per heavy atom. The summed E-state index contributed by atoms with van der Waals surface area (Å²) in [6, 6.07) is 5.25. The Kier molecular flexibility index (Phi) is 6.04. The van der Waals surface area contributed by atoms with Crippen LogP contribution in [0.2, 0.25) is 0 Å². The lowest BCUT2D eigenvalue weighted by Gasteiger charge is -2.54. The number of hydrogen-bond acceptors (Lipinski definition) is 5. The molecule has 2 aromatic rings. The number of amides is 1. The molecule has 1 saturated carbocycles. The fourth-order valence-corrected chi connectivity index (χ4v) is 5.18. The lowest BCUT2D eigenvalue weighted by atomic mass is 9.74. The second-order valence-electron chi connectivity index (χ2n) is 9.23. The first-order valence-corrected chi connectivity index (χ1v) is 12.0. The Balaban J connectivity index is 1.79. The molecule has 1 spiro atoms. The largest absolute Gasteiger partial charge is 0.502 e. The minimum absolute atomic E-state index is 0.0903. The SMILES string of the molecule is C=C(/C=C\C=C/C)[C@@H]1c2cccc(F)c2OC/C=C/C2(CCC2)N2CN1n1ccc(=O)c(O)c1C2=O. The summed E-state index contributed by atoms with van der Waals surface area (Å²) >= 11 is 0. The van der Waals surface area contributed by atoms with Gasteiger partial charge in [-0.05, 0) is 43.9 Å². The molecule has 3 aliphatic rings. The van der Waals surface area contributed by atoms with Gasteiger partial charge in [0, 0.05) is 17.8 Å². The maximum absolute atomic E-state index is 15.1. The van der Waals surface area contributed by atoms with Crippen LogP contribution in [0.5, 0.6) is 11.5 Å². The third-order valence-corrected chi connectivity index (χ3v) is 7.13. The van der Waals surface area contributed by atoms with Gasteiger partial charge in [0.15, 0.2) is 23.0 Å². The van der Waals surface area contributed by atoms with Gasteiger partial charge in [0.1, 0.15) is 19.3 Å². The van der Waals surface area contributed by atoms with E-state index in [0.29, 0.717) is 11.1 Å². The number of pyridine rings is 1. The van der Waals surface area contributed by atoms with E-state index in [1.165, 1.54) is 23.0 Å². The van der Waals surface area contributed by atoms with E-state index in [1.807, 2.05) is 42.3 Å². The van der Waals surface area contributed by atoms with Gasteiger partial charge in [-0.3, -0.25) is 19.3 Å². The first kappa shape index (κ1) is 23.7. The van der Waals surface area contributed by atoms with E-state index < -0.39 is 34.5 Å². The number of allylic oxidation sites excluding steroid dienone is 3. The average molecular weight is 490 g/mol. The summed E-state index contributed by atoms with van der Waals surface area (Å²) in [7, 11) is 0. The molecular formula is C28H28FN3O4. The molecule has 0 unspecified atom stereocenters. The predicted molar refractivity (Wildman–Crippen MR) is 135 cm³/mol. The molecule has 1 aliphatic carbocycles. The summed E-state index contributed by atoms with van der Waals surface area (Å²) in [6.45, 7) is 6.44. The number of benzene rings is 1. The highest BCUT2D eigenvalue weighted by Gasteiger charge is 2.48. The van der Waals surface area contributed by atoms with Crippen molar-refractivity contribution in [3.63, 3.8) is 0 Å². The fourth-order valence-electron chi connectivity index (χ4n) is 5.18. The van der Waals surface area contributed by atoms with Crippen molar-refractivity contribution < 1.29 is 19.0 Å². The molecule has 36 heavy (non-hydrogen) atoms. The van der Waals surface area contributed by atoms with Gasteiger partial charge in [-0.1, -0.05) is 49.1 Å². The molecule has 3 heterocycles. The molecule has 8 heteroatoms. The normalized spacial score (nSPS) is 21.5. The van der Waals surface area contributed by atoms with E-state index >= 15 is 4.39 Å². The number of fused-ring (bicyclic) bond motifs is 6. The van der Waals surface area contributed by atoms with E-state index in [0.717, 1.165) is 19.3 Å². The maximum Gasteiger partial charge on any atom is 0.278 e. The van der Waals surface area contributed by atoms with Crippen LogP contribution in [0.1, 0.15) is 48.3 Å². The van der Waals surface area contributed by atoms with E-state index in [4.69, 9.17) is 4.74 Å². The van der Waals surface area contributed by atoms with Gasteiger partial charge in [0.05, 0.1) is 5.54 Å². The van der Waals surface area contributed by atoms with Crippen molar-refractivity contribution in [2.24, 2.45) is 0 Å². The Morgan fingerprint density at radius 1 is 1.25 bits per heavy atom. The van der Waals surface area contributed by atoms with Crippen molar-refractivity contribution in [3.8, 4) is 11.5 Å². The number of hydrogen-bond donors (Lipinski definition) is 1. The molecule has 0 saturated heterocycles. The molecule has 1 atom stereocenters. The summed E-state index contributed by atoms with van der Waals surface area (Å²) in [5, 5.41) is 12.6. The number of nitrogens with zero attached hydrogens (tertiary/aromatic N) is 3. The Hall–Kier alpha value is -4.07. The standard InChI is InChI=1S/C28H28FN3O4/c1-3-4-5-9-19(2)23-20-10-6-11-21(29)26(20)36-17-8-15-28(13-7-14-28)30-18-32(23)31-16-12-22(33)25(34)24(31)27(30)35/h3-6,8-12,15-16,23,34H,2,7,13-14,17-18H2,1H3/b4-3-,9-5-,15-8+/t23-/m1/s1. The van der Waals surface area contributed by atoms with E-state index in [-0.39, 0.29) is 24.7 Å². The van der Waals surface area contributed by atoms with Crippen molar-refractivity contribution >= 4 is 5.91 Å². The maximum atomic E-state index is 15.1. The van der Waals surface area contributed by atoms with Crippen molar-refractivity contribution in [2.75, 3.05) is 18.3 Å². The van der Waals surface area contributed by atoms with Crippen molar-refractivity contribution in [2.45, 2.75) is 37.8 Å². The zero-order valence-corrected chi connectivity index (χ0v) is 20.1. The third kappa shape index (κ3) is 3.73. The Labute approximate surface area is 208 Å². The van der Waals surface area contributed by atoms with Crippen LogP contribution >= 0.6 is 0 Å². The summed E-state index contributed by atoms with van der Waals surface area (Å²) in [5.41, 5.74) is -0.235. The molecule has 1 aromatic heterocycles. The fraction of sp³-hybridized carbons (Fsp3) is 0.286. The van der Waals surface area contributed by atoms with Gasteiger partial charge < -0.3 is 14.7 Å². The lowest BCUT2D eigenvalue weighted by Crippen LogP contribution is -2.64. The Morgan fingerprint density at radius 2 is 2.06 bits per heavy atom. The molecule has 1 N–H and O–H groups in total. The van der Waals surface area contributed by atoms with Crippen LogP contribution in [-0.2, 0) is 0 Å². The number of rotatable bonds is 3. The molecule has 5 rings (SSSR count). The van der Waals surface area contributed by atoms with Crippen LogP contribution in [-0.4, -0.2) is 39.4 Å². The predicted octanol–water partition coefficient (Wildman–Crippen LogP) is 4.35. The molecule has 7 nitrogen and oxygen atoms in total. The number of ether oxygens (including phenoxy) is 1. The van der Waals surface area contributed by atoms with Gasteiger partial charge in [-0.2, -0.15) is 0 Å². The smallest absolute Gasteiger partial charge is 0.278 e. The lowest BCUT2D eigenvalue weighted by molar-refractivity contribution is 0.0255. The second kappa shape index (κ2) is 9.18. The average Bonchev–Trinajstić information content (AvgIpc) is 2.85. The molecule has 1 aromatic carbocycles. The first-order valence-electron chi connectivity index (χ1n) is 12.0. The molecule has 2 bridgehead atoms. The van der Waals surface area contributed by atoms with Crippen LogP contribution in [0.25, 0.3) is 0 Å².